The molecule has 3 amide bonds. The van der Waals surface area contributed by atoms with E-state index in [4.69, 9.17) is 10.8 Å². The van der Waals surface area contributed by atoms with Crippen LogP contribution in [0.25, 0.3) is 0 Å². The molecular weight excluding hydrogens is 242 g/mol. The number of aliphatic carboxylic acids is 1. The van der Waals surface area contributed by atoms with E-state index in [-0.39, 0.29) is 25.9 Å². The van der Waals surface area contributed by atoms with Crippen LogP contribution in [0, 0.1) is 0 Å². The molecule has 1 fully saturated rings. The normalized spacial score (nSPS) is 22.8. The number of carbonyl (C=O) groups is 3. The molecule has 0 aromatic rings. The summed E-state index contributed by atoms with van der Waals surface area (Å²) in [6.45, 7) is 0.235. The maximum absolute atomic E-state index is 11.7. The van der Waals surface area contributed by atoms with Crippen molar-refractivity contribution in [2.24, 2.45) is 5.73 Å². The molecular formula is C10H17N3O5. The summed E-state index contributed by atoms with van der Waals surface area (Å²) in [5.41, 5.74) is 4.94. The summed E-state index contributed by atoms with van der Waals surface area (Å²) in [5, 5.41) is 20.8. The third kappa shape index (κ3) is 3.88. The van der Waals surface area contributed by atoms with E-state index in [2.05, 4.69) is 5.32 Å². The number of nitrogens with one attached hydrogen (secondary N) is 1. The van der Waals surface area contributed by atoms with Gasteiger partial charge in [-0.25, -0.2) is 9.59 Å². The van der Waals surface area contributed by atoms with Crippen molar-refractivity contribution >= 4 is 17.9 Å². The van der Waals surface area contributed by atoms with Gasteiger partial charge in [-0.05, 0) is 6.42 Å². The molecule has 1 heterocycles. The summed E-state index contributed by atoms with van der Waals surface area (Å²) in [5.74, 6) is -1.59. The van der Waals surface area contributed by atoms with Crippen LogP contribution in [0.15, 0.2) is 0 Å². The predicted molar refractivity (Wildman–Crippen MR) is 60.6 cm³/mol. The van der Waals surface area contributed by atoms with Gasteiger partial charge in [0.1, 0.15) is 6.04 Å². The highest BCUT2D eigenvalue weighted by Crippen LogP contribution is 2.17. The number of carbonyl (C=O) groups excluding carboxylic acids is 2. The van der Waals surface area contributed by atoms with Crippen LogP contribution in [-0.2, 0) is 9.59 Å². The zero-order chi connectivity index (χ0) is 13.7. The molecule has 0 aliphatic carbocycles. The Labute approximate surface area is 104 Å². The number of β-amino-alcohol motifs (C(OH)–C–C–N with tert-alkyl or cyclic N) is 1. The van der Waals surface area contributed by atoms with Crippen molar-refractivity contribution < 1.29 is 24.6 Å². The van der Waals surface area contributed by atoms with Gasteiger partial charge in [0.25, 0.3) is 0 Å². The van der Waals surface area contributed by atoms with Crippen molar-refractivity contribution in [1.29, 1.82) is 0 Å². The topological polar surface area (TPSA) is 133 Å². The first-order chi connectivity index (χ1) is 8.41. The Bertz CT molecular complexity index is 346. The highest BCUT2D eigenvalue weighted by Gasteiger charge is 2.38. The zero-order valence-corrected chi connectivity index (χ0v) is 9.83. The average molecular weight is 259 g/mol. The highest BCUT2D eigenvalue weighted by atomic mass is 16.4. The number of primary amides is 1. The Kier molecular flexibility index (Phi) is 4.90. The Morgan fingerprint density at radius 1 is 1.39 bits per heavy atom. The van der Waals surface area contributed by atoms with E-state index in [1.165, 1.54) is 0 Å². The SMILES string of the molecule is NC(=O)CCCNC(=O)N1C[C@H](O)C[C@@H]1C(=O)O. The summed E-state index contributed by atoms with van der Waals surface area (Å²) < 4.78 is 0. The number of carboxylic acids is 1. The maximum atomic E-state index is 11.7. The van der Waals surface area contributed by atoms with E-state index in [9.17, 15) is 19.5 Å². The number of urea groups is 1. The number of hydrogen-bond acceptors (Lipinski definition) is 4. The van der Waals surface area contributed by atoms with Gasteiger partial charge in [0.2, 0.25) is 5.91 Å². The standard InChI is InChI=1S/C10H17N3O5/c11-8(15)2-1-3-12-10(18)13-5-6(14)4-7(13)9(16)17/h6-7,14H,1-5H2,(H2,11,15)(H,12,18)(H,16,17)/t6-,7-/m1/s1. The number of hydrogen-bond donors (Lipinski definition) is 4. The minimum atomic E-state index is -1.14. The van der Waals surface area contributed by atoms with E-state index in [0.717, 1.165) is 4.90 Å². The molecule has 0 bridgehead atoms. The van der Waals surface area contributed by atoms with Crippen molar-refractivity contribution in [1.82, 2.24) is 10.2 Å². The van der Waals surface area contributed by atoms with Crippen LogP contribution in [-0.4, -0.2) is 58.3 Å². The fourth-order valence-electron chi connectivity index (χ4n) is 1.83. The third-order valence-electron chi connectivity index (χ3n) is 2.70. The van der Waals surface area contributed by atoms with Gasteiger partial charge in [-0.15, -0.1) is 0 Å². The second-order valence-corrected chi connectivity index (χ2v) is 4.20. The first-order valence-corrected chi connectivity index (χ1v) is 5.65. The smallest absolute Gasteiger partial charge is 0.326 e. The Morgan fingerprint density at radius 3 is 2.61 bits per heavy atom. The molecule has 0 saturated carbocycles. The molecule has 0 aromatic heterocycles. The van der Waals surface area contributed by atoms with Gasteiger partial charge in [0, 0.05) is 25.9 Å². The van der Waals surface area contributed by atoms with Crippen molar-refractivity contribution in [3.63, 3.8) is 0 Å². The lowest BCUT2D eigenvalue weighted by molar-refractivity contribution is -0.141. The molecule has 8 heteroatoms. The largest absolute Gasteiger partial charge is 0.480 e. The summed E-state index contributed by atoms with van der Waals surface area (Å²) >= 11 is 0. The Hall–Kier alpha value is -1.83. The van der Waals surface area contributed by atoms with Gasteiger partial charge in [0.15, 0.2) is 0 Å². The van der Waals surface area contributed by atoms with Crippen molar-refractivity contribution in [2.75, 3.05) is 13.1 Å². The first-order valence-electron chi connectivity index (χ1n) is 5.65. The van der Waals surface area contributed by atoms with Gasteiger partial charge in [-0.1, -0.05) is 0 Å². The van der Waals surface area contributed by atoms with Crippen LogP contribution in [0.5, 0.6) is 0 Å². The summed E-state index contributed by atoms with van der Waals surface area (Å²) in [7, 11) is 0. The van der Waals surface area contributed by atoms with Crippen LogP contribution in [0.2, 0.25) is 0 Å². The second kappa shape index (κ2) is 6.20. The minimum Gasteiger partial charge on any atom is -0.480 e. The van der Waals surface area contributed by atoms with Gasteiger partial charge in [0.05, 0.1) is 6.10 Å². The van der Waals surface area contributed by atoms with Crippen LogP contribution in [0.1, 0.15) is 19.3 Å². The van der Waals surface area contributed by atoms with E-state index in [0.29, 0.717) is 6.42 Å². The number of rotatable bonds is 5. The van der Waals surface area contributed by atoms with Crippen LogP contribution < -0.4 is 11.1 Å². The fourth-order valence-corrected chi connectivity index (χ4v) is 1.83. The molecule has 2 atom stereocenters. The van der Waals surface area contributed by atoms with Crippen LogP contribution >= 0.6 is 0 Å². The molecule has 1 aliphatic heterocycles. The highest BCUT2D eigenvalue weighted by molar-refractivity contribution is 5.83. The Morgan fingerprint density at radius 2 is 2.06 bits per heavy atom. The number of aliphatic hydroxyl groups is 1. The number of likely N-dealkylation sites (tertiary alicyclic amines) is 1. The molecule has 18 heavy (non-hydrogen) atoms. The zero-order valence-electron chi connectivity index (χ0n) is 9.83. The molecule has 0 radical (unpaired) electrons. The van der Waals surface area contributed by atoms with E-state index in [1.807, 2.05) is 0 Å². The monoisotopic (exact) mass is 259 g/mol. The molecule has 1 aliphatic rings. The van der Waals surface area contributed by atoms with Gasteiger partial charge < -0.3 is 26.2 Å². The van der Waals surface area contributed by atoms with Gasteiger partial charge in [-0.2, -0.15) is 0 Å². The fraction of sp³-hybridized carbons (Fsp3) is 0.700. The molecule has 0 unspecified atom stereocenters. The van der Waals surface area contributed by atoms with Crippen LogP contribution in [0.4, 0.5) is 4.79 Å². The number of nitrogens with zero attached hydrogens (tertiary/aromatic N) is 1. The van der Waals surface area contributed by atoms with Crippen molar-refractivity contribution in [3.8, 4) is 0 Å². The summed E-state index contributed by atoms with van der Waals surface area (Å²) in [6.07, 6.45) is -0.229. The lowest BCUT2D eigenvalue weighted by Crippen LogP contribution is -2.46. The van der Waals surface area contributed by atoms with Gasteiger partial charge >= 0.3 is 12.0 Å². The molecule has 5 N–H and O–H groups in total. The molecule has 102 valence electrons. The number of amides is 3. The van der Waals surface area contributed by atoms with E-state index in [1.54, 1.807) is 0 Å². The van der Waals surface area contributed by atoms with Gasteiger partial charge in [-0.3, -0.25) is 4.79 Å². The molecule has 0 spiro atoms. The predicted octanol–water partition coefficient (Wildman–Crippen LogP) is -1.52. The molecule has 8 nitrogen and oxygen atoms in total. The summed E-state index contributed by atoms with van der Waals surface area (Å²) in [4.78, 5) is 34.1. The van der Waals surface area contributed by atoms with E-state index >= 15 is 0 Å². The van der Waals surface area contributed by atoms with Crippen LogP contribution in [0.3, 0.4) is 0 Å². The molecule has 1 saturated heterocycles. The van der Waals surface area contributed by atoms with Crippen molar-refractivity contribution in [3.05, 3.63) is 0 Å². The quantitative estimate of drug-likeness (QED) is 0.445. The number of aliphatic hydroxyl groups excluding tert-OH is 1. The third-order valence-corrected chi connectivity index (χ3v) is 2.70. The lowest BCUT2D eigenvalue weighted by Gasteiger charge is -2.21. The summed E-state index contributed by atoms with van der Waals surface area (Å²) in [6, 6.07) is -1.56. The first kappa shape index (κ1) is 14.2. The average Bonchev–Trinajstić information content (AvgIpc) is 2.66. The number of nitrogens with two attached hydrogens (primary N) is 1. The van der Waals surface area contributed by atoms with E-state index < -0.39 is 30.1 Å². The molecule has 0 aromatic carbocycles. The second-order valence-electron chi connectivity index (χ2n) is 4.20. The Balaban J connectivity index is 2.40. The minimum absolute atomic E-state index is 0.00137. The van der Waals surface area contributed by atoms with Crippen molar-refractivity contribution in [2.45, 2.75) is 31.4 Å². The lowest BCUT2D eigenvalue weighted by atomic mass is 10.2. The number of carboxylic acid groups (broad SMARTS) is 1. The molecule has 1 rings (SSSR count). The maximum Gasteiger partial charge on any atom is 0.326 e.